The lowest BCUT2D eigenvalue weighted by Gasteiger charge is -2.42. The molecule has 21 heavy (non-hydrogen) atoms. The van der Waals surface area contributed by atoms with Crippen LogP contribution in [0.3, 0.4) is 0 Å². The van der Waals surface area contributed by atoms with Crippen LogP contribution in [0.1, 0.15) is 40.5 Å². The first-order valence-electron chi connectivity index (χ1n) is 7.70. The fraction of sp³-hybridized carbons (Fsp3) is 0.933. The second-order valence-electron chi connectivity index (χ2n) is 7.16. The number of aliphatic hydroxyl groups is 1. The summed E-state index contributed by atoms with van der Waals surface area (Å²) in [6.07, 6.45) is 0.146. The molecule has 2 atom stereocenters. The van der Waals surface area contributed by atoms with Gasteiger partial charge in [0.2, 0.25) is 0 Å². The summed E-state index contributed by atoms with van der Waals surface area (Å²) < 4.78 is 16.8. The van der Waals surface area contributed by atoms with Gasteiger partial charge in [-0.15, -0.1) is 0 Å². The van der Waals surface area contributed by atoms with Gasteiger partial charge in [-0.05, 0) is 31.5 Å². The Morgan fingerprint density at radius 1 is 1.38 bits per heavy atom. The van der Waals surface area contributed by atoms with Crippen LogP contribution in [0.4, 0.5) is 0 Å². The highest BCUT2D eigenvalue weighted by Gasteiger charge is 2.50. The molecule has 1 aliphatic heterocycles. The van der Waals surface area contributed by atoms with E-state index >= 15 is 0 Å². The minimum absolute atomic E-state index is 0.00966. The Morgan fingerprint density at radius 3 is 2.52 bits per heavy atom. The van der Waals surface area contributed by atoms with Crippen molar-refractivity contribution >= 4 is 14.3 Å². The Morgan fingerprint density at radius 2 is 2.00 bits per heavy atom. The van der Waals surface area contributed by atoms with E-state index < -0.39 is 26.0 Å². The van der Waals surface area contributed by atoms with Gasteiger partial charge in [-0.25, -0.2) is 4.79 Å². The summed E-state index contributed by atoms with van der Waals surface area (Å²) >= 11 is 0. The van der Waals surface area contributed by atoms with Crippen molar-refractivity contribution in [1.29, 1.82) is 0 Å². The van der Waals surface area contributed by atoms with Crippen LogP contribution in [0.2, 0.25) is 18.1 Å². The quantitative estimate of drug-likeness (QED) is 0.637. The first-order valence-corrected chi connectivity index (χ1v) is 10.6. The van der Waals surface area contributed by atoms with Gasteiger partial charge in [-0.3, -0.25) is 0 Å². The third-order valence-corrected chi connectivity index (χ3v) is 9.04. The van der Waals surface area contributed by atoms with Gasteiger partial charge in [-0.1, -0.05) is 20.8 Å². The third kappa shape index (κ3) is 4.28. The smallest absolute Gasteiger partial charge is 0.340 e. The van der Waals surface area contributed by atoms with Crippen LogP contribution in [-0.4, -0.2) is 50.9 Å². The van der Waals surface area contributed by atoms with Crippen LogP contribution in [0.25, 0.3) is 0 Å². The molecule has 124 valence electrons. The largest absolute Gasteiger partial charge is 0.464 e. The van der Waals surface area contributed by atoms with Crippen LogP contribution >= 0.6 is 0 Å². The minimum Gasteiger partial charge on any atom is -0.464 e. The third-order valence-electron chi connectivity index (χ3n) is 4.56. The van der Waals surface area contributed by atoms with E-state index in [1.165, 1.54) is 0 Å². The van der Waals surface area contributed by atoms with Crippen molar-refractivity contribution in [2.75, 3.05) is 19.8 Å². The van der Waals surface area contributed by atoms with E-state index in [1.807, 2.05) is 0 Å². The molecule has 6 heteroatoms. The number of hydrogen-bond acceptors (Lipinski definition) is 5. The Labute approximate surface area is 129 Å². The number of ether oxygens (including phenoxy) is 2. The molecular weight excluding hydrogens is 288 g/mol. The zero-order valence-electron chi connectivity index (χ0n) is 14.2. The molecule has 2 unspecified atom stereocenters. The van der Waals surface area contributed by atoms with Gasteiger partial charge in [0.05, 0.1) is 12.7 Å². The second-order valence-corrected chi connectivity index (χ2v) is 11.9. The average Bonchev–Trinajstić information content (AvgIpc) is 2.52. The normalized spacial score (nSPS) is 28.0. The number of carbonyl (C=O) groups is 1. The van der Waals surface area contributed by atoms with E-state index in [0.717, 1.165) is 0 Å². The molecule has 0 spiro atoms. The van der Waals surface area contributed by atoms with Crippen LogP contribution in [0.15, 0.2) is 0 Å². The maximum atomic E-state index is 12.2. The summed E-state index contributed by atoms with van der Waals surface area (Å²) in [5, 5.41) is 10.9. The topological polar surface area (TPSA) is 65.0 Å². The van der Waals surface area contributed by atoms with E-state index in [0.29, 0.717) is 19.6 Å². The Balaban J connectivity index is 3.00. The van der Waals surface area contributed by atoms with Crippen molar-refractivity contribution in [3.05, 3.63) is 0 Å². The Kier molecular flexibility index (Phi) is 6.00. The summed E-state index contributed by atoms with van der Waals surface area (Å²) in [7, 11) is -2.10. The first kappa shape index (κ1) is 18.6. The zero-order chi connectivity index (χ0) is 16.3. The average molecular weight is 318 g/mol. The van der Waals surface area contributed by atoms with Crippen molar-refractivity contribution in [1.82, 2.24) is 0 Å². The Bertz CT molecular complexity index is 364. The van der Waals surface area contributed by atoms with Crippen LogP contribution < -0.4 is 0 Å². The predicted octanol–water partition coefficient (Wildman–Crippen LogP) is 2.48. The molecule has 1 saturated heterocycles. The molecule has 0 saturated carbocycles. The molecule has 0 bridgehead atoms. The standard InChI is InChI=1S/C15H30O5Si/c1-7-19-13(16)15(17)9-11-18-10-8-12(15)20-21(5,6)14(2,3)4/h12,17H,7-11H2,1-6H3. The SMILES string of the molecule is CCOC(=O)C1(O)CCOCCC1O[Si](C)(C)C(C)(C)C. The minimum atomic E-state index is -2.10. The summed E-state index contributed by atoms with van der Waals surface area (Å²) in [5.74, 6) is -0.598. The van der Waals surface area contributed by atoms with Gasteiger partial charge >= 0.3 is 5.97 Å². The number of carbonyl (C=O) groups excluding carboxylic acids is 1. The number of esters is 1. The first-order chi connectivity index (χ1) is 9.54. The molecule has 1 N–H and O–H groups in total. The van der Waals surface area contributed by atoms with E-state index in [2.05, 4.69) is 33.9 Å². The van der Waals surface area contributed by atoms with Gasteiger partial charge in [0.25, 0.3) is 0 Å². The maximum Gasteiger partial charge on any atom is 0.340 e. The van der Waals surface area contributed by atoms with Crippen molar-refractivity contribution < 1.29 is 23.8 Å². The maximum absolute atomic E-state index is 12.2. The van der Waals surface area contributed by atoms with Crippen molar-refractivity contribution in [2.24, 2.45) is 0 Å². The van der Waals surface area contributed by atoms with E-state index in [9.17, 15) is 9.90 Å². The molecule has 0 aromatic rings. The molecule has 0 aromatic heterocycles. The highest BCUT2D eigenvalue weighted by molar-refractivity contribution is 6.74. The summed E-state index contributed by atoms with van der Waals surface area (Å²) in [6.45, 7) is 13.4. The summed E-state index contributed by atoms with van der Waals surface area (Å²) in [6, 6.07) is 0. The molecule has 1 rings (SSSR count). The molecule has 0 aliphatic carbocycles. The lowest BCUT2D eigenvalue weighted by Crippen LogP contribution is -2.56. The van der Waals surface area contributed by atoms with Crippen LogP contribution in [0, 0.1) is 0 Å². The van der Waals surface area contributed by atoms with Crippen molar-refractivity contribution in [3.63, 3.8) is 0 Å². The second kappa shape index (κ2) is 6.77. The lowest BCUT2D eigenvalue weighted by molar-refractivity contribution is -0.177. The van der Waals surface area contributed by atoms with E-state index in [1.54, 1.807) is 6.92 Å². The predicted molar refractivity (Wildman–Crippen MR) is 83.7 cm³/mol. The lowest BCUT2D eigenvalue weighted by atomic mass is 9.92. The molecule has 1 aliphatic rings. The van der Waals surface area contributed by atoms with Gasteiger partial charge in [0.1, 0.15) is 0 Å². The fourth-order valence-corrected chi connectivity index (χ4v) is 3.48. The summed E-state index contributed by atoms with van der Waals surface area (Å²) in [4.78, 5) is 12.2. The molecule has 5 nitrogen and oxygen atoms in total. The summed E-state index contributed by atoms with van der Waals surface area (Å²) in [5.41, 5.74) is -1.61. The van der Waals surface area contributed by atoms with E-state index in [4.69, 9.17) is 13.9 Å². The van der Waals surface area contributed by atoms with Crippen LogP contribution in [0.5, 0.6) is 0 Å². The molecule has 0 radical (unpaired) electrons. The number of rotatable bonds is 4. The molecule has 1 fully saturated rings. The van der Waals surface area contributed by atoms with Gasteiger partial charge in [0.15, 0.2) is 13.9 Å². The van der Waals surface area contributed by atoms with Gasteiger partial charge in [0, 0.05) is 19.6 Å². The highest BCUT2D eigenvalue weighted by Crippen LogP contribution is 2.40. The van der Waals surface area contributed by atoms with Gasteiger partial charge < -0.3 is 19.0 Å². The van der Waals surface area contributed by atoms with Gasteiger partial charge in [-0.2, -0.15) is 0 Å². The molecule has 1 heterocycles. The Hall–Kier alpha value is -0.433. The van der Waals surface area contributed by atoms with Crippen LogP contribution in [-0.2, 0) is 18.7 Å². The molecule has 0 aromatic carbocycles. The monoisotopic (exact) mass is 318 g/mol. The van der Waals surface area contributed by atoms with E-state index in [-0.39, 0.29) is 18.1 Å². The van der Waals surface area contributed by atoms with Crippen molar-refractivity contribution in [2.45, 2.75) is 70.4 Å². The molecule has 0 amide bonds. The number of hydrogen-bond donors (Lipinski definition) is 1. The van der Waals surface area contributed by atoms with Crippen molar-refractivity contribution in [3.8, 4) is 0 Å². The molecular formula is C15H30O5Si. The zero-order valence-corrected chi connectivity index (χ0v) is 15.2. The highest BCUT2D eigenvalue weighted by atomic mass is 28.4. The fourth-order valence-electron chi connectivity index (χ4n) is 2.10.